The zero-order chi connectivity index (χ0) is 42.9. The quantitative estimate of drug-likeness (QED) is 0.168. The van der Waals surface area contributed by atoms with Crippen molar-refractivity contribution >= 4 is 17.2 Å². The van der Waals surface area contributed by atoms with E-state index in [-0.39, 0.29) is 24.4 Å². The predicted octanol–water partition coefficient (Wildman–Crippen LogP) is 15.9. The summed E-state index contributed by atoms with van der Waals surface area (Å²) in [6.45, 7) is 23.5. The van der Waals surface area contributed by atoms with Gasteiger partial charge in [0.15, 0.2) is 23.0 Å². The molecule has 7 nitrogen and oxygen atoms in total. The Kier molecular flexibility index (Phi) is 15.4. The minimum atomic E-state index is -1.72. The molecule has 13 atom stereocenters. The number of rotatable bonds is 12. The lowest BCUT2D eigenvalue weighted by atomic mass is 9.68. The second-order valence-corrected chi connectivity index (χ2v) is 24.1. The van der Waals surface area contributed by atoms with Crippen LogP contribution >= 0.6 is 17.2 Å². The summed E-state index contributed by atoms with van der Waals surface area (Å²) in [5, 5.41) is 0. The third kappa shape index (κ3) is 11.0. The van der Waals surface area contributed by atoms with Crippen LogP contribution in [-0.2, 0) is 24.5 Å². The van der Waals surface area contributed by atoms with Gasteiger partial charge in [0.05, 0.1) is 24.4 Å². The highest BCUT2D eigenvalue weighted by molar-refractivity contribution is 7.42. The number of para-hydroxylation sites is 2. The maximum Gasteiger partial charge on any atom is 0.397 e. The third-order valence-electron chi connectivity index (χ3n) is 16.1. The van der Waals surface area contributed by atoms with Gasteiger partial charge in [0.25, 0.3) is 0 Å². The maximum atomic E-state index is 7.16. The first-order valence-corrected chi connectivity index (χ1v) is 27.0. The molecule has 0 spiro atoms. The van der Waals surface area contributed by atoms with Gasteiger partial charge in [-0.3, -0.25) is 18.1 Å². The SMILES string of the molecule is CC(C)C1CC[C@@H](C)C[C@H]1OP(Oc1cccc2c1Oc1c(cccc1OP1O[C@@H]3C[C@@H](CC[C@H]3C(C)C)C[C@@H]3CC[C@@H](C(C)C)[C@@H](C3)O1)C2)O[C@@H]1C[C@H](C)CC[C@H]1C(C)C. The van der Waals surface area contributed by atoms with E-state index in [9.17, 15) is 0 Å². The first-order chi connectivity index (χ1) is 29.3. The lowest BCUT2D eigenvalue weighted by Crippen LogP contribution is -2.39. The third-order valence-corrected chi connectivity index (χ3v) is 18.6. The van der Waals surface area contributed by atoms with Crippen molar-refractivity contribution in [3.63, 3.8) is 0 Å². The van der Waals surface area contributed by atoms with Gasteiger partial charge in [-0.15, -0.1) is 0 Å². The van der Waals surface area contributed by atoms with Crippen molar-refractivity contribution < 1.29 is 31.9 Å². The monoisotopic (exact) mass is 879 g/mol. The van der Waals surface area contributed by atoms with E-state index in [4.69, 9.17) is 31.9 Å². The molecule has 2 heterocycles. The Morgan fingerprint density at radius 1 is 0.541 bits per heavy atom. The minimum Gasteiger partial charge on any atom is -0.449 e. The fraction of sp³-hybridized carbons (Fsp3) is 0.769. The number of hydrogen-bond donors (Lipinski definition) is 0. The van der Waals surface area contributed by atoms with Crippen LogP contribution in [0.5, 0.6) is 23.0 Å². The Morgan fingerprint density at radius 3 is 1.49 bits per heavy atom. The average Bonchev–Trinajstić information content (AvgIpc) is 3.20. The van der Waals surface area contributed by atoms with Crippen LogP contribution < -0.4 is 13.8 Å². The van der Waals surface area contributed by atoms with Crippen LogP contribution in [0.25, 0.3) is 0 Å². The standard InChI is InChI=1S/C52H80O7P2/c1-31(2)41-21-17-35(9)25-47(41)56-60(57-48-26-36(10)18-22-42(48)32(3)4)54-45-15-11-13-39-30-40-14-12-16-46(52(40)53-51(39)45)55-61-58-49-28-37(19-23-43(49)33(5)6)27-38-20-24-44(34(7)8)50(29-38)59-61/h11-16,31-38,41-44,47-50H,17-30H2,1-10H3/t35-,36-,37+,38+,41+,42?,43+,44+,47-,48-,49-,50-,60?/m1/s1. The molecular formula is C52H80O7P2. The van der Waals surface area contributed by atoms with Crippen molar-refractivity contribution in [1.82, 2.24) is 0 Å². The van der Waals surface area contributed by atoms with Gasteiger partial charge >= 0.3 is 17.2 Å². The molecule has 9 heteroatoms. The van der Waals surface area contributed by atoms with Crippen molar-refractivity contribution in [2.45, 2.75) is 184 Å². The van der Waals surface area contributed by atoms with Crippen LogP contribution in [-0.4, -0.2) is 24.4 Å². The van der Waals surface area contributed by atoms with E-state index in [2.05, 4.69) is 93.5 Å². The Labute approximate surface area is 372 Å². The van der Waals surface area contributed by atoms with Gasteiger partial charge in [-0.1, -0.05) is 106 Å². The van der Waals surface area contributed by atoms with Crippen LogP contribution in [0, 0.1) is 71.0 Å². The highest BCUT2D eigenvalue weighted by Crippen LogP contribution is 2.58. The first kappa shape index (κ1) is 46.1. The highest BCUT2D eigenvalue weighted by atomic mass is 31.2. The average molecular weight is 879 g/mol. The molecule has 0 radical (unpaired) electrons. The molecule has 2 aliphatic heterocycles. The van der Waals surface area contributed by atoms with Crippen molar-refractivity contribution in [3.05, 3.63) is 47.5 Å². The molecule has 2 unspecified atom stereocenters. The topological polar surface area (TPSA) is 64.6 Å². The van der Waals surface area contributed by atoms with E-state index in [1.807, 2.05) is 12.1 Å². The first-order valence-electron chi connectivity index (χ1n) is 24.8. The van der Waals surface area contributed by atoms with Crippen LogP contribution in [0.1, 0.15) is 164 Å². The smallest absolute Gasteiger partial charge is 0.397 e. The molecular weight excluding hydrogens is 799 g/mol. The normalized spacial score (nSPS) is 35.0. The summed E-state index contributed by atoms with van der Waals surface area (Å²) in [6, 6.07) is 12.6. The van der Waals surface area contributed by atoms with Crippen molar-refractivity contribution in [2.24, 2.45) is 71.0 Å². The number of hydrogen-bond acceptors (Lipinski definition) is 7. The molecule has 4 saturated carbocycles. The largest absolute Gasteiger partial charge is 0.449 e. The molecule has 2 aromatic carbocycles. The summed E-state index contributed by atoms with van der Waals surface area (Å²) >= 11 is 0. The van der Waals surface area contributed by atoms with Crippen LogP contribution in [0.15, 0.2) is 36.4 Å². The molecule has 2 aromatic rings. The van der Waals surface area contributed by atoms with Gasteiger partial charge < -0.3 is 13.8 Å². The Bertz CT molecular complexity index is 1660. The molecule has 8 rings (SSSR count). The van der Waals surface area contributed by atoms with E-state index in [1.54, 1.807) is 0 Å². The van der Waals surface area contributed by atoms with Gasteiger partial charge in [0.1, 0.15) is 0 Å². The zero-order valence-electron chi connectivity index (χ0n) is 39.4. The summed E-state index contributed by atoms with van der Waals surface area (Å²) in [5.41, 5.74) is 2.18. The van der Waals surface area contributed by atoms with Crippen molar-refractivity contribution in [3.8, 4) is 23.0 Å². The van der Waals surface area contributed by atoms with Crippen LogP contribution in [0.4, 0.5) is 0 Å². The molecule has 5 fully saturated rings. The summed E-state index contributed by atoms with van der Waals surface area (Å²) in [7, 11) is -3.40. The molecule has 340 valence electrons. The molecule has 0 N–H and O–H groups in total. The number of ether oxygens (including phenoxy) is 1. The molecule has 4 bridgehead atoms. The number of benzene rings is 2. The maximum absolute atomic E-state index is 7.16. The van der Waals surface area contributed by atoms with Gasteiger partial charge in [0.2, 0.25) is 0 Å². The zero-order valence-corrected chi connectivity index (χ0v) is 41.1. The lowest BCUT2D eigenvalue weighted by molar-refractivity contribution is -0.0273. The second kappa shape index (κ2) is 20.4. The molecule has 6 aliphatic rings. The van der Waals surface area contributed by atoms with E-state index in [0.29, 0.717) is 88.9 Å². The van der Waals surface area contributed by atoms with Crippen LogP contribution in [0.2, 0.25) is 0 Å². The highest BCUT2D eigenvalue weighted by Gasteiger charge is 2.44. The summed E-state index contributed by atoms with van der Waals surface area (Å²) in [6.07, 6.45) is 16.7. The fourth-order valence-corrected chi connectivity index (χ4v) is 15.2. The predicted molar refractivity (Wildman–Crippen MR) is 249 cm³/mol. The number of fused-ring (bicyclic) bond motifs is 6. The molecule has 61 heavy (non-hydrogen) atoms. The Balaban J connectivity index is 1.08. The summed E-state index contributed by atoms with van der Waals surface area (Å²) < 4.78 is 49.8. The summed E-state index contributed by atoms with van der Waals surface area (Å²) in [5.74, 6) is 9.60. The summed E-state index contributed by atoms with van der Waals surface area (Å²) in [4.78, 5) is 0. The Morgan fingerprint density at radius 2 is 1.00 bits per heavy atom. The minimum absolute atomic E-state index is 0.0959. The van der Waals surface area contributed by atoms with E-state index >= 15 is 0 Å². The van der Waals surface area contributed by atoms with Gasteiger partial charge in [0, 0.05) is 17.5 Å². The molecule has 1 saturated heterocycles. The molecule has 4 aliphatic carbocycles. The molecule has 0 amide bonds. The van der Waals surface area contributed by atoms with E-state index < -0.39 is 17.2 Å². The fourth-order valence-electron chi connectivity index (χ4n) is 12.4. The Hall–Kier alpha value is -1.46. The van der Waals surface area contributed by atoms with E-state index in [0.717, 1.165) is 48.3 Å². The van der Waals surface area contributed by atoms with Gasteiger partial charge in [-0.2, -0.15) is 0 Å². The van der Waals surface area contributed by atoms with Crippen molar-refractivity contribution in [2.75, 3.05) is 0 Å². The van der Waals surface area contributed by atoms with Crippen molar-refractivity contribution in [1.29, 1.82) is 0 Å². The molecule has 0 aromatic heterocycles. The van der Waals surface area contributed by atoms with Gasteiger partial charge in [-0.05, 0) is 154 Å². The van der Waals surface area contributed by atoms with E-state index in [1.165, 1.54) is 57.8 Å². The van der Waals surface area contributed by atoms with Gasteiger partial charge in [-0.25, -0.2) is 0 Å². The second-order valence-electron chi connectivity index (χ2n) is 22.0. The lowest BCUT2D eigenvalue weighted by Gasteiger charge is -2.45. The van der Waals surface area contributed by atoms with Crippen LogP contribution in [0.3, 0.4) is 0 Å².